The zero-order chi connectivity index (χ0) is 14.3. The Morgan fingerprint density at radius 3 is 2.79 bits per heavy atom. The van der Waals surface area contributed by atoms with Gasteiger partial charge in [0.05, 0.1) is 6.61 Å². The number of aromatic nitrogens is 1. The van der Waals surface area contributed by atoms with E-state index in [1.54, 1.807) is 0 Å². The van der Waals surface area contributed by atoms with Gasteiger partial charge in [-0.1, -0.05) is 0 Å². The second-order valence-corrected chi connectivity index (χ2v) is 4.09. The van der Waals surface area contributed by atoms with Crippen LogP contribution in [-0.4, -0.2) is 12.6 Å². The van der Waals surface area contributed by atoms with Crippen LogP contribution in [0.15, 0.2) is 36.2 Å². The Bertz CT molecular complexity index is 471. The number of hydrogen-bond donors (Lipinski definition) is 0. The van der Waals surface area contributed by atoms with Crippen molar-refractivity contribution in [2.75, 3.05) is 6.61 Å². The summed E-state index contributed by atoms with van der Waals surface area (Å²) in [5, 5.41) is 10.9. The van der Waals surface area contributed by atoms with Crippen LogP contribution in [-0.2, 0) is 4.74 Å². The van der Waals surface area contributed by atoms with Crippen molar-refractivity contribution < 1.29 is 23.0 Å². The molecule has 1 aromatic rings. The second-order valence-electron chi connectivity index (χ2n) is 4.09. The Morgan fingerprint density at radius 2 is 2.16 bits per heavy atom. The second kappa shape index (κ2) is 7.45. The van der Waals surface area contributed by atoms with Crippen LogP contribution in [0.2, 0.25) is 0 Å². The summed E-state index contributed by atoms with van der Waals surface area (Å²) < 4.78 is 29.6. The molecule has 1 rings (SSSR count). The quantitative estimate of drug-likeness (QED) is 0.346. The lowest BCUT2D eigenvalue weighted by molar-refractivity contribution is -0.605. The van der Waals surface area contributed by atoms with Gasteiger partial charge in [-0.15, -0.1) is 0 Å². The third-order valence-electron chi connectivity index (χ3n) is 2.51. The summed E-state index contributed by atoms with van der Waals surface area (Å²) in [6.07, 6.45) is 2.03. The molecular formula is C13H15F2NO3. The molecule has 0 aliphatic rings. The summed E-state index contributed by atoms with van der Waals surface area (Å²) in [4.78, 5) is 11.5. The fourth-order valence-corrected chi connectivity index (χ4v) is 1.41. The molecule has 0 amide bonds. The number of allylic oxidation sites excluding steroid dienone is 1. The molecule has 1 aromatic heterocycles. The van der Waals surface area contributed by atoms with Gasteiger partial charge in [-0.25, -0.2) is 4.79 Å². The number of ether oxygens (including phenoxy) is 1. The molecule has 0 radical (unpaired) electrons. The number of unbranched alkanes of at least 4 members (excludes halogenated alkanes) is 1. The van der Waals surface area contributed by atoms with Gasteiger partial charge in [-0.2, -0.15) is 13.5 Å². The molecule has 0 bridgehead atoms. The molecule has 0 N–H and O–H groups in total. The van der Waals surface area contributed by atoms with Crippen molar-refractivity contribution in [2.24, 2.45) is 0 Å². The van der Waals surface area contributed by atoms with Gasteiger partial charge in [-0.3, -0.25) is 0 Å². The standard InChI is InChI=1S/C13H15F2NO3/c1-10(12(14)15)5-2-3-8-19-13(17)11-6-4-7-16(18)9-11/h4,6-7,9H,2-3,5,8H2,1H3. The lowest BCUT2D eigenvalue weighted by Gasteiger charge is -2.04. The van der Waals surface area contributed by atoms with E-state index in [1.165, 1.54) is 25.3 Å². The molecular weight excluding hydrogens is 256 g/mol. The molecule has 6 heteroatoms. The first-order valence-electron chi connectivity index (χ1n) is 5.87. The number of carbonyl (C=O) groups excluding carboxylic acids is 1. The minimum absolute atomic E-state index is 0.0572. The van der Waals surface area contributed by atoms with Gasteiger partial charge in [0.25, 0.3) is 6.08 Å². The average molecular weight is 271 g/mol. The number of rotatable bonds is 6. The van der Waals surface area contributed by atoms with E-state index in [4.69, 9.17) is 4.74 Å². The van der Waals surface area contributed by atoms with E-state index >= 15 is 0 Å². The smallest absolute Gasteiger partial charge is 0.344 e. The molecule has 0 unspecified atom stereocenters. The normalized spacial score (nSPS) is 10.1. The maximum absolute atomic E-state index is 12.1. The summed E-state index contributed by atoms with van der Waals surface area (Å²) in [6, 6.07) is 2.92. The molecule has 0 atom stereocenters. The van der Waals surface area contributed by atoms with E-state index in [2.05, 4.69) is 0 Å². The SMILES string of the molecule is CC(CCCCOC(=O)c1ccc[n+]([O-])c1)=C(F)F. The van der Waals surface area contributed by atoms with Crippen LogP contribution < -0.4 is 4.73 Å². The molecule has 0 saturated carbocycles. The van der Waals surface area contributed by atoms with Crippen molar-refractivity contribution in [3.05, 3.63) is 47.0 Å². The Labute approximate surface area is 109 Å². The van der Waals surface area contributed by atoms with E-state index < -0.39 is 12.0 Å². The fourth-order valence-electron chi connectivity index (χ4n) is 1.41. The number of esters is 1. The summed E-state index contributed by atoms with van der Waals surface area (Å²) in [7, 11) is 0. The molecule has 0 aromatic carbocycles. The largest absolute Gasteiger partial charge is 0.619 e. The number of carbonyl (C=O) groups is 1. The highest BCUT2D eigenvalue weighted by molar-refractivity contribution is 5.88. The van der Waals surface area contributed by atoms with Gasteiger partial charge in [0, 0.05) is 6.07 Å². The Kier molecular flexibility index (Phi) is 5.92. The Morgan fingerprint density at radius 1 is 1.42 bits per heavy atom. The van der Waals surface area contributed by atoms with Gasteiger partial charge >= 0.3 is 5.97 Å². The summed E-state index contributed by atoms with van der Waals surface area (Å²) >= 11 is 0. The van der Waals surface area contributed by atoms with Crippen molar-refractivity contribution in [2.45, 2.75) is 26.2 Å². The van der Waals surface area contributed by atoms with Crippen molar-refractivity contribution in [1.82, 2.24) is 0 Å². The van der Waals surface area contributed by atoms with Gasteiger partial charge in [0.15, 0.2) is 12.4 Å². The minimum atomic E-state index is -1.65. The van der Waals surface area contributed by atoms with E-state index in [0.717, 1.165) is 6.20 Å². The summed E-state index contributed by atoms with van der Waals surface area (Å²) in [6.45, 7) is 1.52. The lowest BCUT2D eigenvalue weighted by Crippen LogP contribution is -2.26. The summed E-state index contributed by atoms with van der Waals surface area (Å²) in [5.41, 5.74) is 0.227. The predicted octanol–water partition coefficient (Wildman–Crippen LogP) is 2.82. The highest BCUT2D eigenvalue weighted by Crippen LogP contribution is 2.14. The van der Waals surface area contributed by atoms with Gasteiger partial charge < -0.3 is 9.94 Å². The molecule has 19 heavy (non-hydrogen) atoms. The summed E-state index contributed by atoms with van der Waals surface area (Å²) in [5.74, 6) is -0.589. The zero-order valence-corrected chi connectivity index (χ0v) is 10.6. The topological polar surface area (TPSA) is 53.2 Å². The maximum Gasteiger partial charge on any atom is 0.344 e. The van der Waals surface area contributed by atoms with Crippen molar-refractivity contribution in [3.63, 3.8) is 0 Å². The van der Waals surface area contributed by atoms with Gasteiger partial charge in [0.2, 0.25) is 0 Å². The van der Waals surface area contributed by atoms with Crippen molar-refractivity contribution in [3.8, 4) is 0 Å². The van der Waals surface area contributed by atoms with Crippen LogP contribution in [0, 0.1) is 5.21 Å². The monoisotopic (exact) mass is 271 g/mol. The van der Waals surface area contributed by atoms with Gasteiger partial charge in [0.1, 0.15) is 5.56 Å². The van der Waals surface area contributed by atoms with Gasteiger partial charge in [-0.05, 0) is 37.8 Å². The molecule has 0 aliphatic heterocycles. The lowest BCUT2D eigenvalue weighted by atomic mass is 10.1. The van der Waals surface area contributed by atoms with Crippen molar-refractivity contribution in [1.29, 1.82) is 0 Å². The fraction of sp³-hybridized carbons (Fsp3) is 0.385. The number of hydrogen-bond acceptors (Lipinski definition) is 3. The maximum atomic E-state index is 12.1. The number of nitrogens with zero attached hydrogens (tertiary/aromatic N) is 1. The van der Waals surface area contributed by atoms with E-state index in [-0.39, 0.29) is 24.2 Å². The highest BCUT2D eigenvalue weighted by atomic mass is 19.3. The first-order chi connectivity index (χ1) is 9.00. The van der Waals surface area contributed by atoms with E-state index in [9.17, 15) is 18.8 Å². The van der Waals surface area contributed by atoms with Crippen LogP contribution in [0.1, 0.15) is 36.5 Å². The van der Waals surface area contributed by atoms with E-state index in [0.29, 0.717) is 17.6 Å². The Balaban J connectivity index is 2.27. The first kappa shape index (κ1) is 15.1. The highest BCUT2D eigenvalue weighted by Gasteiger charge is 2.09. The molecule has 1 heterocycles. The van der Waals surface area contributed by atoms with Crippen molar-refractivity contribution >= 4 is 5.97 Å². The van der Waals surface area contributed by atoms with Crippen LogP contribution >= 0.6 is 0 Å². The molecule has 0 saturated heterocycles. The molecule has 0 fully saturated rings. The first-order valence-corrected chi connectivity index (χ1v) is 5.87. The minimum Gasteiger partial charge on any atom is -0.619 e. The predicted molar refractivity (Wildman–Crippen MR) is 64.5 cm³/mol. The zero-order valence-electron chi connectivity index (χ0n) is 10.6. The average Bonchev–Trinajstić information content (AvgIpc) is 2.37. The Hall–Kier alpha value is -1.98. The van der Waals surface area contributed by atoms with Crippen LogP contribution in [0.3, 0.4) is 0 Å². The van der Waals surface area contributed by atoms with Crippen LogP contribution in [0.5, 0.6) is 0 Å². The number of halogens is 2. The number of pyridine rings is 1. The molecule has 0 aliphatic carbocycles. The molecule has 0 spiro atoms. The molecule has 104 valence electrons. The third-order valence-corrected chi connectivity index (χ3v) is 2.51. The third kappa shape index (κ3) is 5.46. The van der Waals surface area contributed by atoms with Crippen LogP contribution in [0.25, 0.3) is 0 Å². The molecule has 4 nitrogen and oxygen atoms in total. The van der Waals surface area contributed by atoms with Crippen LogP contribution in [0.4, 0.5) is 8.78 Å². The van der Waals surface area contributed by atoms with E-state index in [1.807, 2.05) is 0 Å².